The average molecular weight is 503 g/mol. The zero-order valence-corrected chi connectivity index (χ0v) is 18.6. The molecule has 1 amide bonds. The Hall–Kier alpha value is -2.85. The molecule has 2 fully saturated rings. The van der Waals surface area contributed by atoms with E-state index < -0.39 is 18.2 Å². The molecule has 2 aliphatic rings. The van der Waals surface area contributed by atoms with Crippen LogP contribution in [-0.2, 0) is 9.53 Å². The molecule has 0 aliphatic carbocycles. The summed E-state index contributed by atoms with van der Waals surface area (Å²) < 4.78 is 51.0. The first kappa shape index (κ1) is 25.8. The van der Waals surface area contributed by atoms with Gasteiger partial charge in [0.05, 0.1) is 12.3 Å². The van der Waals surface area contributed by atoms with Crippen LogP contribution >= 0.6 is 11.6 Å². The lowest BCUT2D eigenvalue weighted by Gasteiger charge is -2.28. The molecule has 34 heavy (non-hydrogen) atoms. The van der Waals surface area contributed by atoms with E-state index in [2.05, 4.69) is 10.6 Å². The first-order valence-corrected chi connectivity index (χ1v) is 10.9. The highest BCUT2D eigenvalue weighted by atomic mass is 35.5. The predicted molar refractivity (Wildman–Crippen MR) is 118 cm³/mol. The number of carboxylic acid groups (broad SMARTS) is 1. The van der Waals surface area contributed by atoms with Crippen LogP contribution in [0.1, 0.15) is 25.7 Å². The van der Waals surface area contributed by atoms with E-state index in [0.29, 0.717) is 40.9 Å². The second kappa shape index (κ2) is 11.1. The summed E-state index contributed by atoms with van der Waals surface area (Å²) in [4.78, 5) is 21.2. The van der Waals surface area contributed by atoms with E-state index in [4.69, 9.17) is 26.2 Å². The van der Waals surface area contributed by atoms with Crippen LogP contribution in [0, 0.1) is 11.7 Å². The van der Waals surface area contributed by atoms with Crippen molar-refractivity contribution in [2.24, 2.45) is 5.92 Å². The summed E-state index contributed by atoms with van der Waals surface area (Å²) >= 11 is 6.05. The van der Waals surface area contributed by atoms with Crippen molar-refractivity contribution in [1.82, 2.24) is 5.32 Å². The number of anilines is 1. The van der Waals surface area contributed by atoms with Crippen LogP contribution in [-0.4, -0.2) is 42.0 Å². The van der Waals surface area contributed by atoms with Crippen LogP contribution in [0.25, 0.3) is 11.1 Å². The van der Waals surface area contributed by atoms with Gasteiger partial charge in [-0.25, -0.2) is 14.0 Å². The number of halogens is 5. The molecule has 2 atom stereocenters. The third-order valence-electron chi connectivity index (χ3n) is 5.62. The second-order valence-electron chi connectivity index (χ2n) is 8.20. The first-order valence-electron chi connectivity index (χ1n) is 10.6. The number of carbonyl (C=O) groups is 2. The van der Waals surface area contributed by atoms with Gasteiger partial charge in [-0.1, -0.05) is 23.7 Å². The molecule has 0 aromatic heterocycles. The van der Waals surface area contributed by atoms with Gasteiger partial charge in [0.15, 0.2) is 0 Å². The van der Waals surface area contributed by atoms with E-state index in [0.717, 1.165) is 18.4 Å². The van der Waals surface area contributed by atoms with Crippen molar-refractivity contribution in [3.8, 4) is 11.1 Å². The van der Waals surface area contributed by atoms with Crippen LogP contribution < -0.4 is 10.6 Å². The molecule has 4 rings (SSSR count). The topological polar surface area (TPSA) is 87.7 Å². The third-order valence-corrected chi connectivity index (χ3v) is 5.85. The second-order valence-corrected chi connectivity index (χ2v) is 8.64. The van der Waals surface area contributed by atoms with Gasteiger partial charge in [0.2, 0.25) is 0 Å². The number of amides is 1. The van der Waals surface area contributed by atoms with Gasteiger partial charge < -0.3 is 15.2 Å². The van der Waals surface area contributed by atoms with E-state index in [1.807, 2.05) is 6.07 Å². The smallest absolute Gasteiger partial charge is 0.475 e. The highest BCUT2D eigenvalue weighted by Gasteiger charge is 2.38. The van der Waals surface area contributed by atoms with E-state index in [1.165, 1.54) is 31.0 Å². The zero-order chi connectivity index (χ0) is 24.9. The number of ether oxygens (including phenoxy) is 1. The molecule has 2 unspecified atom stereocenters. The molecule has 0 radical (unpaired) electrons. The zero-order valence-electron chi connectivity index (χ0n) is 17.9. The minimum Gasteiger partial charge on any atom is -0.475 e. The third kappa shape index (κ3) is 7.33. The Labute approximate surface area is 198 Å². The number of carbonyl (C=O) groups excluding carboxylic acids is 1. The number of benzene rings is 2. The van der Waals surface area contributed by atoms with E-state index in [1.54, 1.807) is 18.2 Å². The molecule has 2 bridgehead atoms. The van der Waals surface area contributed by atoms with E-state index in [-0.39, 0.29) is 5.82 Å². The molecule has 2 heterocycles. The number of fused-ring (bicyclic) bond motifs is 2. The van der Waals surface area contributed by atoms with Crippen molar-refractivity contribution in [3.05, 3.63) is 53.3 Å². The van der Waals surface area contributed by atoms with Crippen molar-refractivity contribution in [1.29, 1.82) is 0 Å². The highest BCUT2D eigenvalue weighted by molar-refractivity contribution is 6.30. The van der Waals surface area contributed by atoms with Gasteiger partial charge >= 0.3 is 18.2 Å². The molecule has 0 spiro atoms. The van der Waals surface area contributed by atoms with E-state index in [9.17, 15) is 22.4 Å². The van der Waals surface area contributed by atoms with Crippen molar-refractivity contribution in [2.45, 2.75) is 43.9 Å². The number of alkyl halides is 3. The van der Waals surface area contributed by atoms with Gasteiger partial charge in [0.1, 0.15) is 5.82 Å². The minimum atomic E-state index is -5.08. The number of hydrogen-bond acceptors (Lipinski definition) is 4. The van der Waals surface area contributed by atoms with Crippen molar-refractivity contribution < 1.29 is 37.0 Å². The van der Waals surface area contributed by atoms with Gasteiger partial charge in [0.25, 0.3) is 0 Å². The van der Waals surface area contributed by atoms with Crippen LogP contribution in [0.4, 0.5) is 28.0 Å². The maximum atomic E-state index is 13.8. The summed E-state index contributed by atoms with van der Waals surface area (Å²) in [6.45, 7) is 0.411. The maximum Gasteiger partial charge on any atom is 0.490 e. The predicted octanol–water partition coefficient (Wildman–Crippen LogP) is 5.86. The molecular weight excluding hydrogens is 480 g/mol. The lowest BCUT2D eigenvalue weighted by molar-refractivity contribution is -0.192. The summed E-state index contributed by atoms with van der Waals surface area (Å²) in [7, 11) is 0. The summed E-state index contributed by atoms with van der Waals surface area (Å²) in [6, 6.07) is 12.4. The Morgan fingerprint density at radius 1 is 1.12 bits per heavy atom. The number of aliphatic carboxylic acids is 1. The fourth-order valence-corrected chi connectivity index (χ4v) is 4.36. The molecule has 0 saturated carbocycles. The summed E-state index contributed by atoms with van der Waals surface area (Å²) in [5.41, 5.74) is 1.79. The molecule has 2 aliphatic heterocycles. The van der Waals surface area contributed by atoms with Crippen LogP contribution in [0.5, 0.6) is 0 Å². The van der Waals surface area contributed by atoms with Gasteiger partial charge in [-0.15, -0.1) is 0 Å². The fraction of sp³-hybridized carbons (Fsp3) is 0.391. The minimum absolute atomic E-state index is 0.380. The number of carboxylic acids is 1. The molecule has 2 aromatic rings. The van der Waals surface area contributed by atoms with Gasteiger partial charge in [-0.3, -0.25) is 5.32 Å². The number of rotatable bonds is 4. The maximum absolute atomic E-state index is 13.8. The molecular formula is C23H23ClF4N2O4. The van der Waals surface area contributed by atoms with Crippen molar-refractivity contribution in [2.75, 3.05) is 11.9 Å². The lowest BCUT2D eigenvalue weighted by Crippen LogP contribution is -2.39. The van der Waals surface area contributed by atoms with Crippen molar-refractivity contribution >= 4 is 29.4 Å². The fourth-order valence-electron chi connectivity index (χ4n) is 4.17. The van der Waals surface area contributed by atoms with Gasteiger partial charge in [-0.2, -0.15) is 13.2 Å². The van der Waals surface area contributed by atoms with Gasteiger partial charge in [0, 0.05) is 22.7 Å². The monoisotopic (exact) mass is 502 g/mol. The Morgan fingerprint density at radius 3 is 2.35 bits per heavy atom. The number of hydrogen-bond donors (Lipinski definition) is 3. The number of nitrogens with one attached hydrogen (secondary N) is 2. The summed E-state index contributed by atoms with van der Waals surface area (Å²) in [5.74, 6) is -2.74. The molecule has 3 N–H and O–H groups in total. The Morgan fingerprint density at radius 2 is 1.76 bits per heavy atom. The average Bonchev–Trinajstić information content (AvgIpc) is 3.11. The summed E-state index contributed by atoms with van der Waals surface area (Å²) in [6.07, 6.45) is -1.07. The quantitative estimate of drug-likeness (QED) is 0.456. The largest absolute Gasteiger partial charge is 0.490 e. The number of piperidine rings is 1. The Bertz CT molecular complexity index is 1020. The van der Waals surface area contributed by atoms with Gasteiger partial charge in [-0.05, 0) is 67.5 Å². The SMILES string of the molecule is O=C(Nc1ccc(F)cc1-c1cccc(Cl)c1)OCC1CC2CCC(C1)N2.O=C(O)C(F)(F)F. The summed E-state index contributed by atoms with van der Waals surface area (Å²) in [5, 5.41) is 14.0. The Kier molecular flexibility index (Phi) is 8.37. The normalized spacial score (nSPS) is 21.3. The van der Waals surface area contributed by atoms with Crippen LogP contribution in [0.3, 0.4) is 0 Å². The van der Waals surface area contributed by atoms with E-state index >= 15 is 0 Å². The molecule has 11 heteroatoms. The Balaban J connectivity index is 0.000000406. The molecule has 6 nitrogen and oxygen atoms in total. The van der Waals surface area contributed by atoms with Crippen molar-refractivity contribution in [3.63, 3.8) is 0 Å². The molecule has 184 valence electrons. The molecule has 2 saturated heterocycles. The lowest BCUT2D eigenvalue weighted by atomic mass is 9.93. The van der Waals surface area contributed by atoms with Crippen LogP contribution in [0.2, 0.25) is 5.02 Å². The van der Waals surface area contributed by atoms with Crippen LogP contribution in [0.15, 0.2) is 42.5 Å². The first-order chi connectivity index (χ1) is 16.0. The standard InChI is InChI=1S/C21H22ClFN2O2.C2HF3O2/c22-15-3-1-2-14(10-15)19-11-16(23)4-7-20(19)25-21(26)27-12-13-8-17-5-6-18(9-13)24-17;3-2(4,5)1(6)7/h1-4,7,10-11,13,17-18,24H,5-6,8-9,12H2,(H,25,26);(H,6,7). The molecule has 2 aromatic carbocycles. The highest BCUT2D eigenvalue weighted by Crippen LogP contribution is 2.32.